The van der Waals surface area contributed by atoms with Crippen molar-refractivity contribution in [2.75, 3.05) is 38.2 Å². The van der Waals surface area contributed by atoms with Crippen molar-refractivity contribution < 1.29 is 14.3 Å². The predicted octanol–water partition coefficient (Wildman–Crippen LogP) is 3.07. The van der Waals surface area contributed by atoms with Crippen LogP contribution in [0.4, 0.5) is 10.5 Å². The number of halogens is 1. The summed E-state index contributed by atoms with van der Waals surface area (Å²) in [5, 5.41) is 5.84. The van der Waals surface area contributed by atoms with Crippen molar-refractivity contribution in [1.29, 1.82) is 0 Å². The Kier molecular flexibility index (Phi) is 5.50. The number of anilines is 1. The Bertz CT molecular complexity index is 609. The third kappa shape index (κ3) is 4.13. The maximum atomic E-state index is 12.2. The first kappa shape index (κ1) is 17.4. The number of nitrogens with one attached hydrogen (secondary N) is 2. The number of carbonyl (C=O) groups is 1. The molecule has 0 spiro atoms. The quantitative estimate of drug-likeness (QED) is 0.819. The molecule has 1 aromatic carbocycles. The van der Waals surface area contributed by atoms with E-state index < -0.39 is 0 Å². The van der Waals surface area contributed by atoms with E-state index in [9.17, 15) is 4.79 Å². The summed E-state index contributed by atoms with van der Waals surface area (Å²) in [6.07, 6.45) is 1.13. The third-order valence-corrected chi connectivity index (χ3v) is 5.14. The minimum absolute atomic E-state index is 0.199. The lowest BCUT2D eigenvalue weighted by Gasteiger charge is -2.21. The molecule has 1 atom stereocenters. The fraction of sp³-hybridized carbons (Fsp3) is 0.588. The number of rotatable bonds is 4. The van der Waals surface area contributed by atoms with Crippen LogP contribution in [0.25, 0.3) is 0 Å². The Hall–Kier alpha value is -1.47. The maximum absolute atomic E-state index is 12.2. The summed E-state index contributed by atoms with van der Waals surface area (Å²) in [6.45, 7) is 8.34. The minimum atomic E-state index is -0.199. The molecule has 2 aliphatic heterocycles. The first-order chi connectivity index (χ1) is 11.5. The van der Waals surface area contributed by atoms with Gasteiger partial charge in [-0.2, -0.15) is 0 Å². The van der Waals surface area contributed by atoms with Gasteiger partial charge in [0.15, 0.2) is 11.5 Å². The molecule has 1 aromatic rings. The number of urea groups is 1. The van der Waals surface area contributed by atoms with Gasteiger partial charge >= 0.3 is 6.03 Å². The van der Waals surface area contributed by atoms with E-state index in [1.807, 2.05) is 6.07 Å². The van der Waals surface area contributed by atoms with Gasteiger partial charge in [0, 0.05) is 35.7 Å². The summed E-state index contributed by atoms with van der Waals surface area (Å²) in [7, 11) is 0. The Labute approximate surface area is 151 Å². The number of carbonyl (C=O) groups excluding carboxylic acids is 1. The van der Waals surface area contributed by atoms with E-state index in [4.69, 9.17) is 9.47 Å². The van der Waals surface area contributed by atoms with Crippen LogP contribution in [0.3, 0.4) is 0 Å². The first-order valence-corrected chi connectivity index (χ1v) is 9.20. The first-order valence-electron chi connectivity index (χ1n) is 8.41. The van der Waals surface area contributed by atoms with Gasteiger partial charge in [-0.15, -0.1) is 0 Å². The molecule has 6 nitrogen and oxygen atoms in total. The van der Waals surface area contributed by atoms with Crippen LogP contribution in [0.2, 0.25) is 0 Å². The van der Waals surface area contributed by atoms with Crippen LogP contribution in [-0.4, -0.2) is 49.8 Å². The summed E-state index contributed by atoms with van der Waals surface area (Å²) in [5.41, 5.74) is 0.673. The lowest BCUT2D eigenvalue weighted by molar-refractivity contribution is 0.171. The van der Waals surface area contributed by atoms with Crippen molar-refractivity contribution in [3.63, 3.8) is 0 Å². The molecule has 1 fully saturated rings. The van der Waals surface area contributed by atoms with Crippen molar-refractivity contribution in [2.45, 2.75) is 26.3 Å². The highest BCUT2D eigenvalue weighted by Gasteiger charge is 2.24. The molecule has 0 saturated carbocycles. The van der Waals surface area contributed by atoms with E-state index in [1.54, 1.807) is 6.07 Å². The molecule has 1 unspecified atom stereocenters. The van der Waals surface area contributed by atoms with Gasteiger partial charge in [0.25, 0.3) is 0 Å². The number of benzene rings is 1. The van der Waals surface area contributed by atoms with Gasteiger partial charge < -0.3 is 25.0 Å². The van der Waals surface area contributed by atoms with Gasteiger partial charge in [-0.25, -0.2) is 4.79 Å². The van der Waals surface area contributed by atoms with Crippen molar-refractivity contribution >= 4 is 27.6 Å². The van der Waals surface area contributed by atoms with Crippen LogP contribution in [-0.2, 0) is 0 Å². The summed E-state index contributed by atoms with van der Waals surface area (Å²) in [6, 6.07) is 3.98. The topological polar surface area (TPSA) is 62.8 Å². The largest absolute Gasteiger partial charge is 0.486 e. The van der Waals surface area contributed by atoms with Crippen LogP contribution in [0.1, 0.15) is 20.3 Å². The Morgan fingerprint density at radius 2 is 2.04 bits per heavy atom. The van der Waals surface area contributed by atoms with Gasteiger partial charge in [-0.1, -0.05) is 0 Å². The molecule has 2 heterocycles. The Morgan fingerprint density at radius 3 is 2.71 bits per heavy atom. The average molecular weight is 398 g/mol. The number of fused-ring (bicyclic) bond motifs is 1. The molecule has 2 aliphatic rings. The average Bonchev–Trinajstić information content (AvgIpc) is 3.03. The van der Waals surface area contributed by atoms with Crippen LogP contribution < -0.4 is 20.1 Å². The normalized spacial score (nSPS) is 20.2. The maximum Gasteiger partial charge on any atom is 0.319 e. The highest BCUT2D eigenvalue weighted by molar-refractivity contribution is 9.10. The molecule has 0 bridgehead atoms. The van der Waals surface area contributed by atoms with E-state index in [0.29, 0.717) is 48.9 Å². The third-order valence-electron chi connectivity index (χ3n) is 4.48. The highest BCUT2D eigenvalue weighted by atomic mass is 79.9. The van der Waals surface area contributed by atoms with Crippen LogP contribution >= 0.6 is 15.9 Å². The molecule has 0 radical (unpaired) electrons. The Balaban J connectivity index is 1.52. The molecule has 0 aromatic heterocycles. The Morgan fingerprint density at radius 1 is 1.33 bits per heavy atom. The summed E-state index contributed by atoms with van der Waals surface area (Å²) in [5.74, 6) is 1.86. The van der Waals surface area contributed by atoms with Crippen LogP contribution in [0, 0.1) is 5.92 Å². The summed E-state index contributed by atoms with van der Waals surface area (Å²) >= 11 is 3.46. The molecule has 2 amide bonds. The fourth-order valence-electron chi connectivity index (χ4n) is 3.06. The molecule has 1 saturated heterocycles. The molecular formula is C17H24BrN3O3. The molecule has 3 rings (SSSR count). The van der Waals surface area contributed by atoms with Crippen molar-refractivity contribution in [3.8, 4) is 11.5 Å². The lowest BCUT2D eigenvalue weighted by atomic mass is 10.1. The van der Waals surface area contributed by atoms with Crippen LogP contribution in [0.15, 0.2) is 16.6 Å². The van der Waals surface area contributed by atoms with Crippen molar-refractivity contribution in [1.82, 2.24) is 10.2 Å². The smallest absolute Gasteiger partial charge is 0.319 e. The predicted molar refractivity (Wildman–Crippen MR) is 97.0 cm³/mol. The van der Waals surface area contributed by atoms with Gasteiger partial charge in [0.05, 0.1) is 5.69 Å². The SMILES string of the molecule is CC(C)N1CCC(CNC(=O)Nc2cc3c(cc2Br)OCCO3)C1. The van der Waals surface area contributed by atoms with E-state index in [-0.39, 0.29) is 6.03 Å². The van der Waals surface area contributed by atoms with Gasteiger partial charge in [0.1, 0.15) is 13.2 Å². The van der Waals surface area contributed by atoms with E-state index in [0.717, 1.165) is 24.0 Å². The molecule has 7 heteroatoms. The second-order valence-electron chi connectivity index (χ2n) is 6.55. The van der Waals surface area contributed by atoms with Crippen molar-refractivity contribution in [3.05, 3.63) is 16.6 Å². The molecular weight excluding hydrogens is 374 g/mol. The molecule has 132 valence electrons. The zero-order valence-corrected chi connectivity index (χ0v) is 15.7. The van der Waals surface area contributed by atoms with Crippen LogP contribution in [0.5, 0.6) is 11.5 Å². The highest BCUT2D eigenvalue weighted by Crippen LogP contribution is 2.38. The monoisotopic (exact) mass is 397 g/mol. The standard InChI is InChI=1S/C17H24BrN3O3/c1-11(2)21-4-3-12(10-21)9-19-17(22)20-14-8-16-15(7-13(14)18)23-5-6-24-16/h7-8,11-12H,3-6,9-10H2,1-2H3,(H2,19,20,22). The summed E-state index contributed by atoms with van der Waals surface area (Å²) < 4.78 is 11.8. The van der Waals surface area contributed by atoms with Gasteiger partial charge in [0.2, 0.25) is 0 Å². The number of likely N-dealkylation sites (tertiary alicyclic amines) is 1. The van der Waals surface area contributed by atoms with E-state index >= 15 is 0 Å². The number of ether oxygens (including phenoxy) is 2. The fourth-order valence-corrected chi connectivity index (χ4v) is 3.48. The second kappa shape index (κ2) is 7.61. The van der Waals surface area contributed by atoms with Crippen molar-refractivity contribution in [2.24, 2.45) is 5.92 Å². The number of hydrogen-bond acceptors (Lipinski definition) is 4. The number of nitrogens with zero attached hydrogens (tertiary/aromatic N) is 1. The van der Waals surface area contributed by atoms with Gasteiger partial charge in [-0.3, -0.25) is 0 Å². The van der Waals surface area contributed by atoms with E-state index in [1.165, 1.54) is 0 Å². The number of hydrogen-bond donors (Lipinski definition) is 2. The van der Waals surface area contributed by atoms with E-state index in [2.05, 4.69) is 45.3 Å². The second-order valence-corrected chi connectivity index (χ2v) is 7.41. The zero-order valence-electron chi connectivity index (χ0n) is 14.1. The zero-order chi connectivity index (χ0) is 17.1. The number of amides is 2. The summed E-state index contributed by atoms with van der Waals surface area (Å²) in [4.78, 5) is 14.6. The molecule has 2 N–H and O–H groups in total. The lowest BCUT2D eigenvalue weighted by Crippen LogP contribution is -2.35. The minimum Gasteiger partial charge on any atom is -0.486 e. The molecule has 0 aliphatic carbocycles. The van der Waals surface area contributed by atoms with Gasteiger partial charge in [-0.05, 0) is 48.7 Å². The molecule has 24 heavy (non-hydrogen) atoms.